The molecule has 1 aliphatic rings. The summed E-state index contributed by atoms with van der Waals surface area (Å²) < 4.78 is 5.51. The van der Waals surface area contributed by atoms with E-state index >= 15 is 0 Å². The smallest absolute Gasteiger partial charge is 0.411 e. The topological polar surface area (TPSA) is 105 Å². The standard InChI is InChI=1S/C25H21ClN2O5/c1-14(24(30)31)27-23(29)15-10-16(26)12-17(11-15)28-25(32)33-13-22-20-8-4-2-6-18(20)19-7-3-5-9-21(19)22/h2-12,14,22H,13H2,1H3,(H,27,29)(H,28,32)(H,30,31)/t14-/m0/s1. The third-order valence-electron chi connectivity index (χ3n) is 5.47. The Balaban J connectivity index is 1.44. The van der Waals surface area contributed by atoms with Crippen LogP contribution in [-0.2, 0) is 9.53 Å². The van der Waals surface area contributed by atoms with Gasteiger partial charge >= 0.3 is 12.1 Å². The van der Waals surface area contributed by atoms with Gasteiger partial charge in [0.1, 0.15) is 12.6 Å². The number of anilines is 1. The number of carboxylic acid groups (broad SMARTS) is 1. The molecular formula is C25H21ClN2O5. The van der Waals surface area contributed by atoms with E-state index in [4.69, 9.17) is 21.4 Å². The molecule has 0 spiro atoms. The summed E-state index contributed by atoms with van der Waals surface area (Å²) in [5.74, 6) is -1.87. The Bertz CT molecular complexity index is 1200. The molecule has 0 heterocycles. The zero-order valence-electron chi connectivity index (χ0n) is 17.7. The molecule has 1 aliphatic carbocycles. The fourth-order valence-electron chi connectivity index (χ4n) is 3.89. The highest BCUT2D eigenvalue weighted by Gasteiger charge is 2.29. The number of benzene rings is 3. The van der Waals surface area contributed by atoms with Crippen LogP contribution < -0.4 is 10.6 Å². The Hall–Kier alpha value is -3.84. The van der Waals surface area contributed by atoms with Gasteiger partial charge in [-0.2, -0.15) is 0 Å². The van der Waals surface area contributed by atoms with Crippen molar-refractivity contribution in [3.63, 3.8) is 0 Å². The van der Waals surface area contributed by atoms with Crippen LogP contribution in [0.4, 0.5) is 10.5 Å². The summed E-state index contributed by atoms with van der Waals surface area (Å²) >= 11 is 6.08. The lowest BCUT2D eigenvalue weighted by Crippen LogP contribution is -2.38. The molecule has 3 aromatic carbocycles. The second-order valence-corrected chi connectivity index (χ2v) is 8.15. The average molecular weight is 465 g/mol. The Morgan fingerprint density at radius 1 is 1.00 bits per heavy atom. The highest BCUT2D eigenvalue weighted by molar-refractivity contribution is 6.31. The van der Waals surface area contributed by atoms with Gasteiger partial charge in [-0.05, 0) is 47.4 Å². The van der Waals surface area contributed by atoms with E-state index in [1.54, 1.807) is 0 Å². The first-order valence-corrected chi connectivity index (χ1v) is 10.7. The van der Waals surface area contributed by atoms with Crippen LogP contribution in [-0.4, -0.2) is 35.7 Å². The number of rotatable bonds is 6. The molecule has 0 unspecified atom stereocenters. The number of fused-ring (bicyclic) bond motifs is 3. The molecule has 33 heavy (non-hydrogen) atoms. The molecule has 0 radical (unpaired) electrons. The Morgan fingerprint density at radius 3 is 2.21 bits per heavy atom. The summed E-state index contributed by atoms with van der Waals surface area (Å²) in [6.45, 7) is 1.49. The predicted octanol–water partition coefficient (Wildman–Crippen LogP) is 4.90. The maximum atomic E-state index is 12.5. The summed E-state index contributed by atoms with van der Waals surface area (Å²) in [7, 11) is 0. The van der Waals surface area contributed by atoms with Crippen molar-refractivity contribution in [2.24, 2.45) is 0 Å². The first-order valence-electron chi connectivity index (χ1n) is 10.3. The van der Waals surface area contributed by atoms with Crippen LogP contribution in [0.2, 0.25) is 5.02 Å². The van der Waals surface area contributed by atoms with E-state index in [0.717, 1.165) is 22.3 Å². The lowest BCUT2D eigenvalue weighted by atomic mass is 9.98. The largest absolute Gasteiger partial charge is 0.480 e. The Labute approximate surface area is 195 Å². The molecular weight excluding hydrogens is 444 g/mol. The maximum Gasteiger partial charge on any atom is 0.411 e. The van der Waals surface area contributed by atoms with Crippen molar-refractivity contribution in [1.29, 1.82) is 0 Å². The number of hydrogen-bond donors (Lipinski definition) is 3. The van der Waals surface area contributed by atoms with E-state index in [-0.39, 0.29) is 28.8 Å². The summed E-state index contributed by atoms with van der Waals surface area (Å²) in [6, 6.07) is 19.2. The fraction of sp³-hybridized carbons (Fsp3) is 0.160. The summed E-state index contributed by atoms with van der Waals surface area (Å²) in [5.41, 5.74) is 4.82. The van der Waals surface area contributed by atoms with Gasteiger partial charge in [-0.1, -0.05) is 60.1 Å². The molecule has 0 bridgehead atoms. The fourth-order valence-corrected chi connectivity index (χ4v) is 4.12. The van der Waals surface area contributed by atoms with Gasteiger partial charge in [0.15, 0.2) is 0 Å². The van der Waals surface area contributed by atoms with Crippen molar-refractivity contribution in [3.05, 3.63) is 88.4 Å². The van der Waals surface area contributed by atoms with E-state index in [1.165, 1.54) is 25.1 Å². The number of aliphatic carboxylic acids is 1. The molecule has 1 atom stereocenters. The minimum Gasteiger partial charge on any atom is -0.480 e. The number of nitrogens with one attached hydrogen (secondary N) is 2. The maximum absolute atomic E-state index is 12.5. The third kappa shape index (κ3) is 4.83. The van der Waals surface area contributed by atoms with Gasteiger partial charge in [-0.3, -0.25) is 14.9 Å². The normalized spacial score (nSPS) is 12.9. The Kier molecular flexibility index (Phi) is 6.33. The average Bonchev–Trinajstić information content (AvgIpc) is 3.11. The number of amides is 2. The molecule has 3 aromatic rings. The molecule has 0 saturated heterocycles. The molecule has 0 aliphatic heterocycles. The number of halogens is 1. The Morgan fingerprint density at radius 2 is 1.61 bits per heavy atom. The molecule has 2 amide bonds. The molecule has 3 N–H and O–H groups in total. The number of ether oxygens (including phenoxy) is 1. The molecule has 8 heteroatoms. The SMILES string of the molecule is C[C@H](NC(=O)c1cc(Cl)cc(NC(=O)OCC2c3ccccc3-c3ccccc32)c1)C(=O)O. The molecule has 7 nitrogen and oxygen atoms in total. The van der Waals surface area contributed by atoms with Crippen molar-refractivity contribution >= 4 is 35.3 Å². The van der Waals surface area contributed by atoms with Gasteiger partial charge in [-0.25, -0.2) is 4.79 Å². The zero-order chi connectivity index (χ0) is 23.5. The van der Waals surface area contributed by atoms with Crippen LogP contribution in [0.1, 0.15) is 34.3 Å². The first-order chi connectivity index (χ1) is 15.8. The van der Waals surface area contributed by atoms with Crippen molar-refractivity contribution in [2.75, 3.05) is 11.9 Å². The second-order valence-electron chi connectivity index (χ2n) is 7.71. The van der Waals surface area contributed by atoms with E-state index in [9.17, 15) is 14.4 Å². The van der Waals surface area contributed by atoms with Gasteiger partial charge in [0.2, 0.25) is 0 Å². The molecule has 168 valence electrons. The molecule has 0 aromatic heterocycles. The van der Waals surface area contributed by atoms with Crippen LogP contribution in [0, 0.1) is 0 Å². The van der Waals surface area contributed by atoms with Crippen LogP contribution in [0.25, 0.3) is 11.1 Å². The summed E-state index contributed by atoms with van der Waals surface area (Å²) in [4.78, 5) is 35.8. The number of carboxylic acids is 1. The minimum atomic E-state index is -1.16. The van der Waals surface area contributed by atoms with Crippen LogP contribution in [0.15, 0.2) is 66.7 Å². The van der Waals surface area contributed by atoms with E-state index in [2.05, 4.69) is 22.8 Å². The number of carbonyl (C=O) groups excluding carboxylic acids is 2. The van der Waals surface area contributed by atoms with Crippen LogP contribution in [0.5, 0.6) is 0 Å². The lowest BCUT2D eigenvalue weighted by molar-refractivity contribution is -0.138. The molecule has 0 saturated carbocycles. The van der Waals surface area contributed by atoms with Crippen LogP contribution in [0.3, 0.4) is 0 Å². The monoisotopic (exact) mass is 464 g/mol. The summed E-state index contributed by atoms with van der Waals surface area (Å²) in [5, 5.41) is 14.1. The quantitative estimate of drug-likeness (QED) is 0.481. The van der Waals surface area contributed by atoms with Gasteiger partial charge in [-0.15, -0.1) is 0 Å². The number of carbonyl (C=O) groups is 3. The van der Waals surface area contributed by atoms with Crippen molar-refractivity contribution < 1.29 is 24.2 Å². The predicted molar refractivity (Wildman–Crippen MR) is 125 cm³/mol. The molecule has 4 rings (SSSR count). The van der Waals surface area contributed by atoms with Gasteiger partial charge in [0.25, 0.3) is 5.91 Å². The van der Waals surface area contributed by atoms with E-state index in [1.807, 2.05) is 36.4 Å². The zero-order valence-corrected chi connectivity index (χ0v) is 18.4. The van der Waals surface area contributed by atoms with E-state index in [0.29, 0.717) is 0 Å². The van der Waals surface area contributed by atoms with E-state index < -0.39 is 24.0 Å². The van der Waals surface area contributed by atoms with Crippen molar-refractivity contribution in [2.45, 2.75) is 18.9 Å². The highest BCUT2D eigenvalue weighted by Crippen LogP contribution is 2.44. The third-order valence-corrected chi connectivity index (χ3v) is 5.69. The number of hydrogen-bond acceptors (Lipinski definition) is 4. The minimum absolute atomic E-state index is 0.0821. The van der Waals surface area contributed by atoms with Gasteiger partial charge in [0, 0.05) is 22.2 Å². The summed E-state index contributed by atoms with van der Waals surface area (Å²) in [6.07, 6.45) is -0.690. The van der Waals surface area contributed by atoms with Crippen molar-refractivity contribution in [3.8, 4) is 11.1 Å². The van der Waals surface area contributed by atoms with Crippen molar-refractivity contribution in [1.82, 2.24) is 5.32 Å². The first kappa shape index (κ1) is 22.4. The van der Waals surface area contributed by atoms with Crippen LogP contribution >= 0.6 is 11.6 Å². The lowest BCUT2D eigenvalue weighted by Gasteiger charge is -2.15. The molecule has 0 fully saturated rings. The highest BCUT2D eigenvalue weighted by atomic mass is 35.5. The van der Waals surface area contributed by atoms with Gasteiger partial charge in [0.05, 0.1) is 0 Å². The van der Waals surface area contributed by atoms with Gasteiger partial charge < -0.3 is 15.2 Å². The second kappa shape index (κ2) is 9.34.